The molecule has 0 heterocycles. The monoisotopic (exact) mass is 371 g/mol. The molecule has 0 spiro atoms. The van der Waals surface area contributed by atoms with Gasteiger partial charge >= 0.3 is 0 Å². The van der Waals surface area contributed by atoms with Crippen LogP contribution in [-0.4, -0.2) is 6.26 Å². The standard InChI is InChI=1S/C25H25NS/c1-20(24(27-2)18-21-12-6-3-7-13-21)25(23-16-10-5-11-17-23)26-19-22-14-8-4-9-15-22/h3-18,25-26H,1,19H2,2H3/b24-18+. The molecule has 1 atom stereocenters. The van der Waals surface area contributed by atoms with Crippen molar-refractivity contribution in [2.45, 2.75) is 12.6 Å². The minimum atomic E-state index is 0.0637. The Bertz CT molecular complexity index is 870. The Hall–Kier alpha value is -2.55. The average molecular weight is 372 g/mol. The molecule has 0 aromatic heterocycles. The summed E-state index contributed by atoms with van der Waals surface area (Å²) in [6, 6.07) is 31.5. The Morgan fingerprint density at radius 3 is 2.04 bits per heavy atom. The van der Waals surface area contributed by atoms with Gasteiger partial charge in [0.05, 0.1) is 6.04 Å². The second-order valence-electron chi connectivity index (χ2n) is 6.36. The van der Waals surface area contributed by atoms with E-state index in [4.69, 9.17) is 0 Å². The number of thioether (sulfide) groups is 1. The van der Waals surface area contributed by atoms with E-state index in [1.54, 1.807) is 11.8 Å². The van der Waals surface area contributed by atoms with Gasteiger partial charge in [0.2, 0.25) is 0 Å². The van der Waals surface area contributed by atoms with E-state index >= 15 is 0 Å². The lowest BCUT2D eigenvalue weighted by molar-refractivity contribution is 0.605. The molecule has 1 N–H and O–H groups in total. The lowest BCUT2D eigenvalue weighted by Gasteiger charge is -2.23. The van der Waals surface area contributed by atoms with Crippen LogP contribution in [0.3, 0.4) is 0 Å². The van der Waals surface area contributed by atoms with Crippen LogP contribution < -0.4 is 5.32 Å². The summed E-state index contributed by atoms with van der Waals surface area (Å²) in [5, 5.41) is 3.70. The summed E-state index contributed by atoms with van der Waals surface area (Å²) in [5.41, 5.74) is 4.78. The fourth-order valence-corrected chi connectivity index (χ4v) is 3.66. The van der Waals surface area contributed by atoms with E-state index in [9.17, 15) is 0 Å². The Balaban J connectivity index is 1.86. The summed E-state index contributed by atoms with van der Waals surface area (Å²) in [7, 11) is 0. The van der Waals surface area contributed by atoms with Crippen LogP contribution in [0.2, 0.25) is 0 Å². The normalized spacial score (nSPS) is 12.6. The molecular weight excluding hydrogens is 346 g/mol. The van der Waals surface area contributed by atoms with Gasteiger partial charge in [-0.2, -0.15) is 0 Å². The average Bonchev–Trinajstić information content (AvgIpc) is 2.74. The molecule has 0 bridgehead atoms. The van der Waals surface area contributed by atoms with Gasteiger partial charge in [0, 0.05) is 11.4 Å². The van der Waals surface area contributed by atoms with Crippen LogP contribution in [0.1, 0.15) is 22.7 Å². The molecule has 2 heteroatoms. The SMILES string of the molecule is C=C(/C(=C\c1ccccc1)SC)C(NCc1ccccc1)c1ccccc1. The summed E-state index contributed by atoms with van der Waals surface area (Å²) < 4.78 is 0. The largest absolute Gasteiger partial charge is 0.302 e. The molecular formula is C25H25NS. The summed E-state index contributed by atoms with van der Waals surface area (Å²) in [4.78, 5) is 1.19. The Morgan fingerprint density at radius 1 is 0.889 bits per heavy atom. The third-order valence-electron chi connectivity index (χ3n) is 4.47. The second kappa shape index (κ2) is 9.96. The van der Waals surface area contributed by atoms with Gasteiger partial charge in [0.1, 0.15) is 0 Å². The first-order chi connectivity index (χ1) is 13.3. The molecule has 0 aliphatic carbocycles. The summed E-state index contributed by atoms with van der Waals surface area (Å²) in [6.07, 6.45) is 4.33. The van der Waals surface area contributed by atoms with E-state index in [0.717, 1.165) is 12.1 Å². The molecule has 1 unspecified atom stereocenters. The van der Waals surface area contributed by atoms with Gasteiger partial charge in [-0.15, -0.1) is 11.8 Å². The van der Waals surface area contributed by atoms with Crippen LogP contribution in [0.4, 0.5) is 0 Å². The third kappa shape index (κ3) is 5.46. The van der Waals surface area contributed by atoms with Crippen molar-refractivity contribution >= 4 is 17.8 Å². The van der Waals surface area contributed by atoms with Crippen molar-refractivity contribution in [3.63, 3.8) is 0 Å². The van der Waals surface area contributed by atoms with Crippen LogP contribution in [-0.2, 0) is 6.54 Å². The van der Waals surface area contributed by atoms with Crippen molar-refractivity contribution in [3.05, 3.63) is 125 Å². The van der Waals surface area contributed by atoms with Gasteiger partial charge in [-0.3, -0.25) is 0 Å². The molecule has 3 aromatic carbocycles. The topological polar surface area (TPSA) is 12.0 Å². The highest BCUT2D eigenvalue weighted by molar-refractivity contribution is 8.02. The first-order valence-electron chi connectivity index (χ1n) is 9.10. The van der Waals surface area contributed by atoms with E-state index in [1.807, 2.05) is 12.1 Å². The van der Waals surface area contributed by atoms with Gasteiger partial charge in [0.15, 0.2) is 0 Å². The van der Waals surface area contributed by atoms with Crippen molar-refractivity contribution < 1.29 is 0 Å². The summed E-state index contributed by atoms with van der Waals surface area (Å²) in [6.45, 7) is 5.26. The zero-order valence-electron chi connectivity index (χ0n) is 15.6. The van der Waals surface area contributed by atoms with E-state index in [0.29, 0.717) is 0 Å². The predicted octanol–water partition coefficient (Wildman–Crippen LogP) is 6.48. The number of hydrogen-bond donors (Lipinski definition) is 1. The van der Waals surface area contributed by atoms with Gasteiger partial charge in [-0.05, 0) is 34.6 Å². The molecule has 3 rings (SSSR count). The second-order valence-corrected chi connectivity index (χ2v) is 7.21. The maximum atomic E-state index is 4.46. The van der Waals surface area contributed by atoms with Crippen LogP contribution in [0.5, 0.6) is 0 Å². The number of nitrogens with one attached hydrogen (secondary N) is 1. The highest BCUT2D eigenvalue weighted by atomic mass is 32.2. The van der Waals surface area contributed by atoms with E-state index in [-0.39, 0.29) is 6.04 Å². The van der Waals surface area contributed by atoms with Crippen molar-refractivity contribution in [1.29, 1.82) is 0 Å². The molecule has 27 heavy (non-hydrogen) atoms. The summed E-state index contributed by atoms with van der Waals surface area (Å²) >= 11 is 1.74. The number of hydrogen-bond acceptors (Lipinski definition) is 2. The summed E-state index contributed by atoms with van der Waals surface area (Å²) in [5.74, 6) is 0. The Morgan fingerprint density at radius 2 is 1.44 bits per heavy atom. The van der Waals surface area contributed by atoms with Crippen molar-refractivity contribution in [2.75, 3.05) is 6.26 Å². The fraction of sp³-hybridized carbons (Fsp3) is 0.120. The van der Waals surface area contributed by atoms with E-state index < -0.39 is 0 Å². The molecule has 0 saturated carbocycles. The Labute approximate surface area is 166 Å². The highest BCUT2D eigenvalue weighted by Crippen LogP contribution is 2.33. The van der Waals surface area contributed by atoms with Crippen molar-refractivity contribution in [2.24, 2.45) is 0 Å². The molecule has 0 saturated heterocycles. The third-order valence-corrected chi connectivity index (χ3v) is 5.29. The smallest absolute Gasteiger partial charge is 0.0584 e. The first-order valence-corrected chi connectivity index (χ1v) is 10.3. The quantitative estimate of drug-likeness (QED) is 0.455. The van der Waals surface area contributed by atoms with Crippen LogP contribution in [0.25, 0.3) is 6.08 Å². The molecule has 0 aliphatic heterocycles. The number of benzene rings is 3. The van der Waals surface area contributed by atoms with E-state index in [2.05, 4.69) is 103 Å². The molecule has 0 aliphatic rings. The van der Waals surface area contributed by atoms with Crippen molar-refractivity contribution in [3.8, 4) is 0 Å². The Kier molecular flexibility index (Phi) is 7.09. The minimum absolute atomic E-state index is 0.0637. The van der Waals surface area contributed by atoms with Gasteiger partial charge in [0.25, 0.3) is 0 Å². The molecule has 0 fully saturated rings. The predicted molar refractivity (Wildman–Crippen MR) is 120 cm³/mol. The van der Waals surface area contributed by atoms with Crippen LogP contribution >= 0.6 is 11.8 Å². The molecule has 136 valence electrons. The van der Waals surface area contributed by atoms with Crippen molar-refractivity contribution in [1.82, 2.24) is 5.32 Å². The molecule has 0 radical (unpaired) electrons. The highest BCUT2D eigenvalue weighted by Gasteiger charge is 2.17. The maximum Gasteiger partial charge on any atom is 0.0584 e. The van der Waals surface area contributed by atoms with Crippen LogP contribution in [0, 0.1) is 0 Å². The minimum Gasteiger partial charge on any atom is -0.302 e. The first kappa shape index (κ1) is 19.2. The molecule has 1 nitrogen and oxygen atoms in total. The zero-order valence-corrected chi connectivity index (χ0v) is 16.5. The van der Waals surface area contributed by atoms with Crippen LogP contribution in [0.15, 0.2) is 108 Å². The van der Waals surface area contributed by atoms with Gasteiger partial charge in [-0.25, -0.2) is 0 Å². The maximum absolute atomic E-state index is 4.46. The zero-order chi connectivity index (χ0) is 18.9. The lowest BCUT2D eigenvalue weighted by Crippen LogP contribution is -2.23. The lowest BCUT2D eigenvalue weighted by atomic mass is 9.98. The molecule has 3 aromatic rings. The van der Waals surface area contributed by atoms with Gasteiger partial charge < -0.3 is 5.32 Å². The number of rotatable bonds is 8. The molecule has 0 amide bonds. The van der Waals surface area contributed by atoms with Gasteiger partial charge in [-0.1, -0.05) is 97.6 Å². The van der Waals surface area contributed by atoms with E-state index in [1.165, 1.54) is 21.6 Å². The fourth-order valence-electron chi connectivity index (χ4n) is 3.03.